The highest BCUT2D eigenvalue weighted by molar-refractivity contribution is 6.36. The van der Waals surface area contributed by atoms with Crippen molar-refractivity contribution in [3.05, 3.63) is 5.57 Å². The van der Waals surface area contributed by atoms with E-state index in [1.165, 1.54) is 20.8 Å². The molecule has 15 heavy (non-hydrogen) atoms. The molecule has 5 heteroatoms. The maximum atomic E-state index is 7.75. The fourth-order valence-electron chi connectivity index (χ4n) is 1.27. The van der Waals surface area contributed by atoms with Crippen molar-refractivity contribution in [2.24, 2.45) is 5.92 Å². The first kappa shape index (κ1) is 13.1. The molecule has 0 radical (unpaired) electrons. The molecule has 0 bridgehead atoms. The molecule has 0 unspecified atom stereocenters. The van der Waals surface area contributed by atoms with Crippen LogP contribution in [0, 0.1) is 33.0 Å². The minimum absolute atomic E-state index is 0.0539. The Balaban J connectivity index is 5.30. The summed E-state index contributed by atoms with van der Waals surface area (Å²) in [5.74, 6) is 1.28. The van der Waals surface area contributed by atoms with Gasteiger partial charge in [-0.25, -0.2) is 0 Å². The Morgan fingerprint density at radius 1 is 0.933 bits per heavy atom. The molecular weight excluding hydrogens is 190 g/mol. The molecule has 0 aliphatic rings. The van der Waals surface area contributed by atoms with Crippen molar-refractivity contribution in [1.29, 1.82) is 27.0 Å². The van der Waals surface area contributed by atoms with Crippen LogP contribution in [0.25, 0.3) is 0 Å². The van der Waals surface area contributed by atoms with E-state index in [0.29, 0.717) is 0 Å². The van der Waals surface area contributed by atoms with E-state index < -0.39 is 5.92 Å². The summed E-state index contributed by atoms with van der Waals surface area (Å²) in [5.41, 5.74) is 0.376. The van der Waals surface area contributed by atoms with Crippen LogP contribution in [0.4, 0.5) is 0 Å². The van der Waals surface area contributed by atoms with E-state index >= 15 is 0 Å². The van der Waals surface area contributed by atoms with Gasteiger partial charge in [0.2, 0.25) is 0 Å². The van der Waals surface area contributed by atoms with Gasteiger partial charge in [0.15, 0.2) is 0 Å². The van der Waals surface area contributed by atoms with Crippen molar-refractivity contribution in [2.75, 3.05) is 0 Å². The average Bonchev–Trinajstić information content (AvgIpc) is 2.02. The summed E-state index contributed by atoms with van der Waals surface area (Å²) < 4.78 is 0. The van der Waals surface area contributed by atoms with Crippen molar-refractivity contribution in [3.8, 4) is 0 Å². The van der Waals surface area contributed by atoms with Crippen LogP contribution in [0.3, 0.4) is 0 Å². The normalized spacial score (nSPS) is 11.1. The summed E-state index contributed by atoms with van der Waals surface area (Å²) in [7, 11) is 0. The van der Waals surface area contributed by atoms with E-state index in [-0.39, 0.29) is 28.4 Å². The summed E-state index contributed by atoms with van der Waals surface area (Å²) in [4.78, 5) is 0. The van der Waals surface area contributed by atoms with Crippen molar-refractivity contribution >= 4 is 28.7 Å². The van der Waals surface area contributed by atoms with E-state index in [4.69, 9.17) is 27.0 Å². The molecule has 0 fully saturated rings. The minimum atomic E-state index is -0.738. The lowest BCUT2D eigenvalue weighted by Gasteiger charge is -2.16. The van der Waals surface area contributed by atoms with Gasteiger partial charge in [-0.05, 0) is 26.6 Å². The van der Waals surface area contributed by atoms with Gasteiger partial charge in [-0.15, -0.1) is 0 Å². The second kappa shape index (κ2) is 5.12. The standard InChI is InChI=1S/C10H15N5/c1-5(12)8(4-11)10(15)9(6(2)13)7(3)14/h9,11-15H,1-3H3. The molecule has 0 aromatic carbocycles. The zero-order valence-corrected chi connectivity index (χ0v) is 9.08. The van der Waals surface area contributed by atoms with Crippen LogP contribution < -0.4 is 0 Å². The summed E-state index contributed by atoms with van der Waals surface area (Å²) >= 11 is 0. The van der Waals surface area contributed by atoms with Crippen LogP contribution in [0.15, 0.2) is 5.57 Å². The van der Waals surface area contributed by atoms with E-state index in [1.54, 1.807) is 0 Å². The van der Waals surface area contributed by atoms with Crippen LogP contribution in [-0.2, 0) is 0 Å². The largest absolute Gasteiger partial charge is 0.309 e. The third kappa shape index (κ3) is 3.07. The number of hydrogen-bond donors (Lipinski definition) is 5. The zero-order valence-electron chi connectivity index (χ0n) is 9.08. The number of allylic oxidation sites excluding steroid dienone is 1. The fourth-order valence-corrected chi connectivity index (χ4v) is 1.27. The predicted molar refractivity (Wildman–Crippen MR) is 62.7 cm³/mol. The summed E-state index contributed by atoms with van der Waals surface area (Å²) in [6.45, 7) is 4.48. The van der Waals surface area contributed by atoms with Crippen molar-refractivity contribution in [1.82, 2.24) is 0 Å². The Hall–Kier alpha value is -1.87. The summed E-state index contributed by atoms with van der Waals surface area (Å²) in [6.07, 6.45) is 0. The Labute approximate surface area is 88.8 Å². The zero-order chi connectivity index (χ0) is 12.2. The molecule has 5 N–H and O–H groups in total. The van der Waals surface area contributed by atoms with Crippen LogP contribution in [0.1, 0.15) is 20.8 Å². The first-order chi connectivity index (χ1) is 6.82. The monoisotopic (exact) mass is 205 g/mol. The SMILES string of the molecule is CC(=N)C(=C=N)C(=N)C(C(C)=N)C(C)=N. The molecule has 0 spiro atoms. The molecule has 0 aromatic rings. The maximum Gasteiger partial charge on any atom is 0.0777 e. The number of rotatable bonds is 5. The van der Waals surface area contributed by atoms with Gasteiger partial charge in [-0.2, -0.15) is 0 Å². The lowest BCUT2D eigenvalue weighted by Crippen LogP contribution is -2.30. The minimum Gasteiger partial charge on any atom is -0.309 e. The van der Waals surface area contributed by atoms with Gasteiger partial charge in [0.1, 0.15) is 0 Å². The molecule has 5 nitrogen and oxygen atoms in total. The Morgan fingerprint density at radius 3 is 1.53 bits per heavy atom. The smallest absolute Gasteiger partial charge is 0.0777 e. The first-order valence-electron chi connectivity index (χ1n) is 4.37. The molecule has 0 atom stereocenters. The van der Waals surface area contributed by atoms with Crippen molar-refractivity contribution in [2.45, 2.75) is 20.8 Å². The molecule has 0 saturated carbocycles. The number of nitrogens with one attached hydrogen (secondary N) is 5. The second-order valence-electron chi connectivity index (χ2n) is 3.34. The topological polar surface area (TPSA) is 119 Å². The third-order valence-corrected chi connectivity index (χ3v) is 1.92. The van der Waals surface area contributed by atoms with Gasteiger partial charge < -0.3 is 21.6 Å². The van der Waals surface area contributed by atoms with Gasteiger partial charge in [0.05, 0.1) is 17.2 Å². The lowest BCUT2D eigenvalue weighted by atomic mass is 9.88. The van der Waals surface area contributed by atoms with Gasteiger partial charge >= 0.3 is 0 Å². The maximum absolute atomic E-state index is 7.75. The molecule has 0 aromatic heterocycles. The molecule has 0 aliphatic carbocycles. The molecule has 80 valence electrons. The Bertz CT molecular complexity index is 371. The van der Waals surface area contributed by atoms with Crippen LogP contribution in [-0.4, -0.2) is 28.7 Å². The summed E-state index contributed by atoms with van der Waals surface area (Å²) in [5, 5.41) is 37.0. The molecule has 0 aliphatic heterocycles. The van der Waals surface area contributed by atoms with Crippen LogP contribution in [0.2, 0.25) is 0 Å². The van der Waals surface area contributed by atoms with Gasteiger partial charge in [0, 0.05) is 17.1 Å². The van der Waals surface area contributed by atoms with Crippen LogP contribution in [0.5, 0.6) is 0 Å². The van der Waals surface area contributed by atoms with Crippen LogP contribution >= 0.6 is 0 Å². The highest BCUT2D eigenvalue weighted by atomic mass is 14.6. The molecule has 0 rings (SSSR count). The highest BCUT2D eigenvalue weighted by Gasteiger charge is 2.23. The summed E-state index contributed by atoms with van der Waals surface area (Å²) in [6, 6.07) is 0. The van der Waals surface area contributed by atoms with Gasteiger partial charge in [-0.1, -0.05) is 0 Å². The van der Waals surface area contributed by atoms with Crippen molar-refractivity contribution in [3.63, 3.8) is 0 Å². The van der Waals surface area contributed by atoms with Crippen molar-refractivity contribution < 1.29 is 0 Å². The molecule has 0 amide bonds. The van der Waals surface area contributed by atoms with E-state index in [1.807, 2.05) is 5.87 Å². The quantitative estimate of drug-likeness (QED) is 0.421. The highest BCUT2D eigenvalue weighted by Crippen LogP contribution is 2.10. The second-order valence-corrected chi connectivity index (χ2v) is 3.34. The first-order valence-corrected chi connectivity index (χ1v) is 4.37. The average molecular weight is 205 g/mol. The van der Waals surface area contributed by atoms with Gasteiger partial charge in [0.25, 0.3) is 0 Å². The fraction of sp³-hybridized carbons (Fsp3) is 0.400. The number of hydrogen-bond acceptors (Lipinski definition) is 5. The lowest BCUT2D eigenvalue weighted by molar-refractivity contribution is 1.15. The van der Waals surface area contributed by atoms with E-state index in [2.05, 4.69) is 0 Å². The van der Waals surface area contributed by atoms with Gasteiger partial charge in [-0.3, -0.25) is 5.41 Å². The molecule has 0 heterocycles. The van der Waals surface area contributed by atoms with E-state index in [0.717, 1.165) is 0 Å². The molecular formula is C10H15N5. The van der Waals surface area contributed by atoms with E-state index in [9.17, 15) is 0 Å². The Kier molecular flexibility index (Phi) is 4.48. The predicted octanol–water partition coefficient (Wildman–Crippen LogP) is 1.92. The third-order valence-electron chi connectivity index (χ3n) is 1.92. The Morgan fingerprint density at radius 2 is 1.33 bits per heavy atom. The molecule has 0 saturated heterocycles.